The maximum atomic E-state index is 14.9. The Hall–Kier alpha value is -5.18. The van der Waals surface area contributed by atoms with Crippen LogP contribution in [-0.2, 0) is 4.79 Å². The summed E-state index contributed by atoms with van der Waals surface area (Å²) in [6.45, 7) is 8.32. The lowest BCUT2D eigenvalue weighted by Crippen LogP contribution is -2.41. The number of hydrogen-bond acceptors (Lipinski definition) is 9. The summed E-state index contributed by atoms with van der Waals surface area (Å²) in [4.78, 5) is 36.2. The van der Waals surface area contributed by atoms with Gasteiger partial charge in [-0.1, -0.05) is 24.3 Å². The topological polar surface area (TPSA) is 152 Å². The molecular formula is C36H41F3N8O4. The highest BCUT2D eigenvalue weighted by molar-refractivity contribution is 5.94. The Labute approximate surface area is 293 Å². The molecule has 4 aromatic rings. The minimum atomic E-state index is -4.86. The molecule has 2 aliphatic rings. The van der Waals surface area contributed by atoms with Crippen LogP contribution >= 0.6 is 0 Å². The van der Waals surface area contributed by atoms with Gasteiger partial charge in [0.05, 0.1) is 11.4 Å². The van der Waals surface area contributed by atoms with Gasteiger partial charge in [-0.25, -0.2) is 4.68 Å². The largest absolute Gasteiger partial charge is 0.480 e. The number of nitrogens with zero attached hydrogens (tertiary/aromatic N) is 6. The summed E-state index contributed by atoms with van der Waals surface area (Å²) in [6, 6.07) is 14.0. The second kappa shape index (κ2) is 14.2. The lowest BCUT2D eigenvalue weighted by Gasteiger charge is -2.39. The first-order valence-corrected chi connectivity index (χ1v) is 16.9. The number of carboxylic acids is 1. The fourth-order valence-electron chi connectivity index (χ4n) is 6.95. The highest BCUT2D eigenvalue weighted by Crippen LogP contribution is 2.43. The van der Waals surface area contributed by atoms with Gasteiger partial charge in [0, 0.05) is 56.1 Å². The number of piperidine rings is 1. The molecule has 1 spiro atoms. The molecule has 1 amide bonds. The number of aryl methyl sites for hydroxylation is 1. The molecule has 2 aromatic carbocycles. The van der Waals surface area contributed by atoms with Gasteiger partial charge < -0.3 is 30.7 Å². The highest BCUT2D eigenvalue weighted by atomic mass is 19.4. The third-order valence-corrected chi connectivity index (χ3v) is 9.85. The molecule has 2 atom stereocenters. The van der Waals surface area contributed by atoms with Gasteiger partial charge in [-0.15, -0.1) is 0 Å². The summed E-state index contributed by atoms with van der Waals surface area (Å²) in [5, 5.41) is 16.9. The average Bonchev–Trinajstić information content (AvgIpc) is 3.73. The number of amides is 1. The standard InChI is InChI=1S/C36H41F3N8O4/c1-4-45(5-2)32(48)24-8-6-23(7-9-24)25-10-11-26(28(18-25)47-15-12-22(3)44-47)31(36(37,38)39)51-30-19-29(42-34(40)43-30)46-16-13-35(14-17-46)20-27(33(49)50)41-21-35/h6-12,15,18-19,27,31,41H,4-5,13-14,16-17,20-21H2,1-3H3,(H,49,50)(H2,40,42,43). The van der Waals surface area contributed by atoms with Crippen molar-refractivity contribution in [3.05, 3.63) is 77.6 Å². The molecular weight excluding hydrogens is 665 g/mol. The number of carbonyl (C=O) groups is 2. The van der Waals surface area contributed by atoms with Crippen molar-refractivity contribution in [2.75, 3.05) is 43.4 Å². The van der Waals surface area contributed by atoms with Crippen LogP contribution in [0, 0.1) is 12.3 Å². The molecule has 6 rings (SSSR count). The van der Waals surface area contributed by atoms with Crippen LogP contribution in [0.5, 0.6) is 5.88 Å². The number of aromatic nitrogens is 4. The van der Waals surface area contributed by atoms with Gasteiger partial charge in [0.1, 0.15) is 11.9 Å². The number of nitrogen functional groups attached to an aromatic ring is 1. The van der Waals surface area contributed by atoms with Gasteiger partial charge in [-0.3, -0.25) is 9.59 Å². The Morgan fingerprint density at radius 2 is 1.75 bits per heavy atom. The van der Waals surface area contributed by atoms with Crippen molar-refractivity contribution in [2.24, 2.45) is 5.41 Å². The molecule has 2 aromatic heterocycles. The molecule has 0 bridgehead atoms. The van der Waals surface area contributed by atoms with E-state index in [4.69, 9.17) is 10.5 Å². The maximum Gasteiger partial charge on any atom is 0.429 e. The first-order valence-electron chi connectivity index (χ1n) is 16.9. The first kappa shape index (κ1) is 35.6. The van der Waals surface area contributed by atoms with Crippen molar-refractivity contribution in [2.45, 2.75) is 58.4 Å². The number of rotatable bonds is 10. The van der Waals surface area contributed by atoms with E-state index in [2.05, 4.69) is 20.4 Å². The molecule has 51 heavy (non-hydrogen) atoms. The summed E-state index contributed by atoms with van der Waals surface area (Å²) >= 11 is 0. The zero-order valence-corrected chi connectivity index (χ0v) is 28.7. The second-order valence-corrected chi connectivity index (χ2v) is 13.2. The molecule has 2 saturated heterocycles. The Kier molecular flexibility index (Phi) is 9.93. The van der Waals surface area contributed by atoms with Crippen molar-refractivity contribution in [1.29, 1.82) is 0 Å². The fourth-order valence-corrected chi connectivity index (χ4v) is 6.95. The summed E-state index contributed by atoms with van der Waals surface area (Å²) in [5.74, 6) is -1.23. The number of nitrogens with one attached hydrogen (secondary N) is 1. The van der Waals surface area contributed by atoms with Gasteiger partial charge in [-0.2, -0.15) is 28.2 Å². The Morgan fingerprint density at radius 3 is 2.33 bits per heavy atom. The maximum absolute atomic E-state index is 14.9. The van der Waals surface area contributed by atoms with E-state index in [0.717, 1.165) is 0 Å². The van der Waals surface area contributed by atoms with Crippen molar-refractivity contribution < 1.29 is 32.6 Å². The number of hydrogen-bond donors (Lipinski definition) is 3. The molecule has 270 valence electrons. The second-order valence-electron chi connectivity index (χ2n) is 13.2. The van der Waals surface area contributed by atoms with Gasteiger partial charge in [0.15, 0.2) is 0 Å². The minimum absolute atomic E-state index is 0.0996. The van der Waals surface area contributed by atoms with E-state index in [1.54, 1.807) is 60.5 Å². The molecule has 2 unspecified atom stereocenters. The number of aliphatic carboxylic acids is 1. The van der Waals surface area contributed by atoms with Crippen LogP contribution < -0.4 is 20.7 Å². The number of ether oxygens (including phenoxy) is 1. The van der Waals surface area contributed by atoms with Gasteiger partial charge in [0.25, 0.3) is 5.91 Å². The number of halogens is 3. The minimum Gasteiger partial charge on any atom is -0.480 e. The van der Waals surface area contributed by atoms with Crippen molar-refractivity contribution >= 4 is 23.6 Å². The summed E-state index contributed by atoms with van der Waals surface area (Å²) in [6.07, 6.45) is -3.84. The van der Waals surface area contributed by atoms with Crippen LogP contribution in [-0.4, -0.2) is 86.6 Å². The molecule has 2 aliphatic heterocycles. The lowest BCUT2D eigenvalue weighted by atomic mass is 9.76. The van der Waals surface area contributed by atoms with Crippen LogP contribution in [0.4, 0.5) is 24.9 Å². The van der Waals surface area contributed by atoms with E-state index in [-0.39, 0.29) is 34.4 Å². The van der Waals surface area contributed by atoms with E-state index in [1.165, 1.54) is 16.8 Å². The van der Waals surface area contributed by atoms with E-state index in [9.17, 15) is 27.9 Å². The molecule has 2 fully saturated rings. The Bertz CT molecular complexity index is 1890. The highest BCUT2D eigenvalue weighted by Gasteiger charge is 2.46. The van der Waals surface area contributed by atoms with Crippen LogP contribution in [0.2, 0.25) is 0 Å². The first-order chi connectivity index (χ1) is 24.3. The fraction of sp³-hybridized carbons (Fsp3) is 0.417. The number of nitrogens with two attached hydrogens (primary N) is 1. The van der Waals surface area contributed by atoms with E-state index < -0.39 is 24.3 Å². The smallest absolute Gasteiger partial charge is 0.429 e. The molecule has 12 nitrogen and oxygen atoms in total. The quantitative estimate of drug-likeness (QED) is 0.195. The zero-order valence-electron chi connectivity index (χ0n) is 28.7. The van der Waals surface area contributed by atoms with Gasteiger partial charge >= 0.3 is 12.1 Å². The predicted octanol–water partition coefficient (Wildman–Crippen LogP) is 5.42. The summed E-state index contributed by atoms with van der Waals surface area (Å²) in [7, 11) is 0. The molecule has 0 saturated carbocycles. The lowest BCUT2D eigenvalue weighted by molar-refractivity contribution is -0.198. The van der Waals surface area contributed by atoms with Crippen molar-refractivity contribution in [1.82, 2.24) is 30.0 Å². The van der Waals surface area contributed by atoms with Gasteiger partial charge in [-0.05, 0) is 80.8 Å². The molecule has 0 aliphatic carbocycles. The number of carboxylic acid groups (broad SMARTS) is 1. The Balaban J connectivity index is 1.29. The normalized spacial score (nSPS) is 17.8. The zero-order chi connectivity index (χ0) is 36.5. The molecule has 4 N–H and O–H groups in total. The molecule has 4 heterocycles. The molecule has 15 heteroatoms. The average molecular weight is 707 g/mol. The number of benzene rings is 2. The van der Waals surface area contributed by atoms with Crippen molar-refractivity contribution in [3.63, 3.8) is 0 Å². The van der Waals surface area contributed by atoms with Crippen molar-refractivity contribution in [3.8, 4) is 22.7 Å². The van der Waals surface area contributed by atoms with Crippen LogP contribution in [0.3, 0.4) is 0 Å². The monoisotopic (exact) mass is 706 g/mol. The SMILES string of the molecule is CCN(CC)C(=O)c1ccc(-c2ccc(C(Oc3cc(N4CCC5(CC4)CNC(C(=O)O)C5)nc(N)n3)C(F)(F)F)c(-n3ccc(C)n3)c2)cc1. The van der Waals surface area contributed by atoms with E-state index >= 15 is 0 Å². The van der Waals surface area contributed by atoms with E-state index in [1.807, 2.05) is 18.7 Å². The summed E-state index contributed by atoms with van der Waals surface area (Å²) < 4.78 is 51.9. The summed E-state index contributed by atoms with van der Waals surface area (Å²) in [5.41, 5.74) is 8.24. The predicted molar refractivity (Wildman–Crippen MR) is 185 cm³/mol. The third-order valence-electron chi connectivity index (χ3n) is 9.85. The van der Waals surface area contributed by atoms with Crippen LogP contribution in [0.15, 0.2) is 60.8 Å². The third kappa shape index (κ3) is 7.62. The molecule has 0 radical (unpaired) electrons. The number of anilines is 2. The van der Waals surface area contributed by atoms with Crippen LogP contribution in [0.1, 0.15) is 60.8 Å². The van der Waals surface area contributed by atoms with Gasteiger partial charge in [0.2, 0.25) is 17.9 Å². The Morgan fingerprint density at radius 1 is 1.06 bits per heavy atom. The number of carbonyl (C=O) groups excluding carboxylic acids is 1. The van der Waals surface area contributed by atoms with Crippen LogP contribution in [0.25, 0.3) is 16.8 Å². The van der Waals surface area contributed by atoms with E-state index in [0.29, 0.717) is 80.2 Å². The number of alkyl halides is 3.